The first-order valence-electron chi connectivity index (χ1n) is 14.7. The van der Waals surface area contributed by atoms with Crippen molar-refractivity contribution in [2.75, 3.05) is 0 Å². The van der Waals surface area contributed by atoms with Gasteiger partial charge in [-0.1, -0.05) is 77.1 Å². The molecule has 2 heteroatoms. The van der Waals surface area contributed by atoms with E-state index >= 15 is 0 Å². The van der Waals surface area contributed by atoms with Gasteiger partial charge in [0, 0.05) is 34.0 Å². The van der Waals surface area contributed by atoms with Crippen molar-refractivity contribution >= 4 is 21.9 Å². The molecule has 0 bridgehead atoms. The van der Waals surface area contributed by atoms with Crippen molar-refractivity contribution in [3.63, 3.8) is 0 Å². The summed E-state index contributed by atoms with van der Waals surface area (Å²) in [5.74, 6) is 0. The summed E-state index contributed by atoms with van der Waals surface area (Å²) in [6, 6.07) is 20.3. The van der Waals surface area contributed by atoms with Crippen LogP contribution in [0.25, 0.3) is 44.3 Å². The zero-order valence-electron chi connectivity index (χ0n) is 26.2. The Kier molecular flexibility index (Phi) is 4.08. The van der Waals surface area contributed by atoms with Crippen LogP contribution < -0.4 is 4.57 Å². The molecule has 0 saturated heterocycles. The Morgan fingerprint density at radius 2 is 1.58 bits per heavy atom. The number of nitrogens with zero attached hydrogens (tertiary/aromatic N) is 1. The van der Waals surface area contributed by atoms with E-state index in [2.05, 4.69) is 56.5 Å². The maximum atomic E-state index is 9.32. The predicted molar refractivity (Wildman–Crippen MR) is 150 cm³/mol. The maximum absolute atomic E-state index is 9.32. The number of rotatable bonds is 2. The minimum Gasteiger partial charge on any atom is -0.454 e. The van der Waals surface area contributed by atoms with Gasteiger partial charge in [-0.3, -0.25) is 0 Å². The Balaban J connectivity index is 1.73. The number of furan rings is 1. The van der Waals surface area contributed by atoms with Crippen molar-refractivity contribution in [1.29, 1.82) is 0 Å². The molecule has 2 nitrogen and oxygen atoms in total. The Morgan fingerprint density at radius 3 is 2.33 bits per heavy atom. The molecule has 0 aliphatic heterocycles. The molecule has 0 spiro atoms. The van der Waals surface area contributed by atoms with E-state index in [0.29, 0.717) is 22.3 Å². The third kappa shape index (κ3) is 3.50. The lowest BCUT2D eigenvalue weighted by Crippen LogP contribution is -2.30. The summed E-state index contributed by atoms with van der Waals surface area (Å²) in [6.07, 6.45) is -1.74. The van der Waals surface area contributed by atoms with Crippen LogP contribution in [0.1, 0.15) is 62.4 Å². The van der Waals surface area contributed by atoms with E-state index in [0.717, 1.165) is 44.3 Å². The molecule has 5 aromatic rings. The van der Waals surface area contributed by atoms with Crippen LogP contribution in [0.5, 0.6) is 0 Å². The first-order valence-corrected chi connectivity index (χ1v) is 12.7. The van der Waals surface area contributed by atoms with Gasteiger partial charge in [-0.05, 0) is 64.4 Å². The predicted octanol–water partition coefficient (Wildman–Crippen LogP) is 8.48. The lowest BCUT2D eigenvalue weighted by Gasteiger charge is -2.24. The van der Waals surface area contributed by atoms with Gasteiger partial charge in [-0.25, -0.2) is 4.57 Å². The Bertz CT molecular complexity index is 1840. The molecule has 0 saturated carbocycles. The highest BCUT2D eigenvalue weighted by Crippen LogP contribution is 2.47. The molecule has 0 amide bonds. The molecular formula is C34H36NO+. The van der Waals surface area contributed by atoms with Crippen molar-refractivity contribution in [2.24, 2.45) is 12.5 Å². The third-order valence-corrected chi connectivity index (χ3v) is 7.36. The molecule has 1 aliphatic rings. The molecule has 0 N–H and O–H groups in total. The second kappa shape index (κ2) is 7.80. The Labute approximate surface area is 220 Å². The van der Waals surface area contributed by atoms with Gasteiger partial charge in [0.15, 0.2) is 6.20 Å². The molecule has 2 heterocycles. The highest BCUT2D eigenvalue weighted by molar-refractivity contribution is 6.13. The first kappa shape index (κ1) is 18.8. The number of hydrogen-bond donors (Lipinski definition) is 0. The number of para-hydroxylation sites is 1. The number of aryl methyl sites for hydroxylation is 2. The summed E-state index contributed by atoms with van der Waals surface area (Å²) in [7, 11) is 2.03. The van der Waals surface area contributed by atoms with Gasteiger partial charge in [-0.15, -0.1) is 0 Å². The zero-order chi connectivity index (χ0) is 29.0. The van der Waals surface area contributed by atoms with E-state index in [-0.39, 0.29) is 5.41 Å². The van der Waals surface area contributed by atoms with Crippen LogP contribution in [-0.2, 0) is 25.2 Å². The summed E-state index contributed by atoms with van der Waals surface area (Å²) >= 11 is 0. The van der Waals surface area contributed by atoms with E-state index in [1.165, 1.54) is 0 Å². The monoisotopic (exact) mass is 478 g/mol. The fourth-order valence-electron chi connectivity index (χ4n) is 5.64. The van der Waals surface area contributed by atoms with Gasteiger partial charge in [0.05, 0.1) is 5.56 Å². The fraction of sp³-hybridized carbons (Fsp3) is 0.324. The number of pyridine rings is 1. The third-order valence-electron chi connectivity index (χ3n) is 7.36. The maximum Gasteiger partial charge on any atom is 0.216 e. The van der Waals surface area contributed by atoms with Crippen LogP contribution in [0.2, 0.25) is 0 Å². The van der Waals surface area contributed by atoms with Gasteiger partial charge < -0.3 is 4.42 Å². The van der Waals surface area contributed by atoms with Crippen molar-refractivity contribution in [3.05, 3.63) is 89.1 Å². The Hall–Kier alpha value is -3.39. The van der Waals surface area contributed by atoms with Crippen LogP contribution in [0.3, 0.4) is 0 Å². The molecule has 0 atom stereocenters. The number of aromatic nitrogens is 1. The average molecular weight is 479 g/mol. The van der Waals surface area contributed by atoms with Crippen molar-refractivity contribution in [2.45, 2.75) is 59.7 Å². The summed E-state index contributed by atoms with van der Waals surface area (Å²) < 4.78 is 45.9. The van der Waals surface area contributed by atoms with E-state index in [1.54, 1.807) is 13.8 Å². The number of hydrogen-bond acceptors (Lipinski definition) is 1. The van der Waals surface area contributed by atoms with E-state index in [4.69, 9.17) is 4.42 Å². The molecular weight excluding hydrogens is 438 g/mol. The van der Waals surface area contributed by atoms with Crippen molar-refractivity contribution in [3.8, 4) is 22.4 Å². The lowest BCUT2D eigenvalue weighted by molar-refractivity contribution is -0.660. The highest BCUT2D eigenvalue weighted by atomic mass is 16.3. The minimum atomic E-state index is -1.91. The standard InChI is InChI=1S/C34H36NO/c1-21-14-15-25-24-12-10-11-23(31(24)36-32(25)30(21)29-13-8-9-18-35(29)7)22-16-17-28(33(2,3)4)27-20-34(5,6)19-26(22)27/h8-18H,19-20H2,1-7H3/q+1/i19D2,20D2. The molecule has 3 aromatic carbocycles. The smallest absolute Gasteiger partial charge is 0.216 e. The SMILES string of the molecule is [2H]C1([2H])c2c(-c3cccc4c3oc3c(-c5cccc[n+]5C)c(C)ccc34)ccc(C(C)(C)C)c2C([2H])([2H])C1(C)C. The largest absolute Gasteiger partial charge is 0.454 e. The van der Waals surface area contributed by atoms with Gasteiger partial charge in [0.2, 0.25) is 5.69 Å². The first-order chi connectivity index (χ1) is 18.6. The minimum absolute atomic E-state index is 0.352. The average Bonchev–Trinajstić information content (AvgIpc) is 3.30. The fourth-order valence-corrected chi connectivity index (χ4v) is 5.64. The molecule has 0 unspecified atom stereocenters. The zero-order valence-corrected chi connectivity index (χ0v) is 22.2. The van der Waals surface area contributed by atoms with Gasteiger partial charge in [0.25, 0.3) is 0 Å². The van der Waals surface area contributed by atoms with E-state index < -0.39 is 18.2 Å². The van der Waals surface area contributed by atoms with Crippen LogP contribution in [0.15, 0.2) is 71.3 Å². The lowest BCUT2D eigenvalue weighted by atomic mass is 9.80. The summed E-state index contributed by atoms with van der Waals surface area (Å²) in [4.78, 5) is 0. The molecule has 182 valence electrons. The summed E-state index contributed by atoms with van der Waals surface area (Å²) in [6.45, 7) is 11.7. The van der Waals surface area contributed by atoms with Crippen molar-refractivity contribution < 1.29 is 14.5 Å². The normalized spacial score (nSPS) is 19.5. The second-order valence-corrected chi connectivity index (χ2v) is 11.7. The second-order valence-electron chi connectivity index (χ2n) is 11.7. The van der Waals surface area contributed by atoms with Crippen molar-refractivity contribution in [1.82, 2.24) is 0 Å². The van der Waals surface area contributed by atoms with Crippen LogP contribution in [-0.4, -0.2) is 0 Å². The topological polar surface area (TPSA) is 17.0 Å². The van der Waals surface area contributed by atoms with Crippen LogP contribution in [0.4, 0.5) is 0 Å². The summed E-state index contributed by atoms with van der Waals surface area (Å²) in [5, 5.41) is 1.96. The molecule has 2 aromatic heterocycles. The molecule has 1 aliphatic carbocycles. The van der Waals surface area contributed by atoms with E-state index in [1.807, 2.05) is 49.6 Å². The van der Waals surface area contributed by atoms with Gasteiger partial charge in [-0.2, -0.15) is 0 Å². The number of fused-ring (bicyclic) bond motifs is 4. The highest BCUT2D eigenvalue weighted by Gasteiger charge is 2.35. The molecule has 0 radical (unpaired) electrons. The van der Waals surface area contributed by atoms with Crippen LogP contribution >= 0.6 is 0 Å². The quantitative estimate of drug-likeness (QED) is 0.233. The Morgan fingerprint density at radius 1 is 0.833 bits per heavy atom. The van der Waals surface area contributed by atoms with E-state index in [9.17, 15) is 5.48 Å². The molecule has 6 rings (SSSR count). The van der Waals surface area contributed by atoms with Gasteiger partial charge in [0.1, 0.15) is 18.2 Å². The van der Waals surface area contributed by atoms with Crippen LogP contribution in [0, 0.1) is 12.3 Å². The summed E-state index contributed by atoms with van der Waals surface area (Å²) in [5.41, 5.74) is 6.29. The number of benzene rings is 3. The molecule has 0 fully saturated rings. The molecule has 36 heavy (non-hydrogen) atoms. The van der Waals surface area contributed by atoms with Gasteiger partial charge >= 0.3 is 0 Å².